The molecule has 4 nitrogen and oxygen atoms in total. The summed E-state index contributed by atoms with van der Waals surface area (Å²) in [4.78, 5) is 12.3. The van der Waals surface area contributed by atoms with Crippen LogP contribution in [0, 0.1) is 0 Å². The van der Waals surface area contributed by atoms with E-state index in [0.717, 1.165) is 15.9 Å². The fourth-order valence-electron chi connectivity index (χ4n) is 0.945. The molecule has 6 heteroatoms. The SMILES string of the molecule is Cn1c(Br)nc2c(Br)ncnc21. The van der Waals surface area contributed by atoms with Crippen molar-refractivity contribution >= 4 is 43.0 Å². The fourth-order valence-corrected chi connectivity index (χ4v) is 1.65. The van der Waals surface area contributed by atoms with E-state index in [4.69, 9.17) is 0 Å². The summed E-state index contributed by atoms with van der Waals surface area (Å²) in [5, 5.41) is 0. The molecule has 0 aliphatic carbocycles. The van der Waals surface area contributed by atoms with Crippen molar-refractivity contribution in [3.05, 3.63) is 15.7 Å². The molecule has 12 heavy (non-hydrogen) atoms. The number of halogens is 2. The maximum Gasteiger partial charge on any atom is 0.179 e. The van der Waals surface area contributed by atoms with Gasteiger partial charge in [-0.2, -0.15) is 0 Å². The summed E-state index contributed by atoms with van der Waals surface area (Å²) >= 11 is 6.60. The van der Waals surface area contributed by atoms with Gasteiger partial charge in [-0.05, 0) is 31.9 Å². The number of fused-ring (bicyclic) bond motifs is 1. The monoisotopic (exact) mass is 290 g/mol. The Hall–Kier alpha value is -0.490. The Balaban J connectivity index is 2.95. The molecule has 0 unspecified atom stereocenters. The molecular weight excluding hydrogens is 288 g/mol. The maximum absolute atomic E-state index is 4.22. The standard InChI is InChI=1S/C6H4Br2N4/c1-12-5-3(11-6(12)8)4(7)9-2-10-5/h2H,1H3. The third-order valence-electron chi connectivity index (χ3n) is 1.56. The minimum Gasteiger partial charge on any atom is -0.306 e. The molecule has 0 spiro atoms. The summed E-state index contributed by atoms with van der Waals surface area (Å²) < 4.78 is 3.31. The van der Waals surface area contributed by atoms with Crippen molar-refractivity contribution in [2.75, 3.05) is 0 Å². The van der Waals surface area contributed by atoms with Crippen LogP contribution in [0.1, 0.15) is 0 Å². The summed E-state index contributed by atoms with van der Waals surface area (Å²) in [6, 6.07) is 0. The number of aromatic nitrogens is 4. The van der Waals surface area contributed by atoms with E-state index in [2.05, 4.69) is 46.8 Å². The van der Waals surface area contributed by atoms with Crippen LogP contribution in [0.15, 0.2) is 15.7 Å². The van der Waals surface area contributed by atoms with E-state index in [-0.39, 0.29) is 0 Å². The molecule has 2 aromatic rings. The fraction of sp³-hybridized carbons (Fsp3) is 0.167. The topological polar surface area (TPSA) is 43.6 Å². The Labute approximate surface area is 85.3 Å². The van der Waals surface area contributed by atoms with Crippen LogP contribution in [0.3, 0.4) is 0 Å². The van der Waals surface area contributed by atoms with Crippen LogP contribution in [0.2, 0.25) is 0 Å². The molecule has 62 valence electrons. The van der Waals surface area contributed by atoms with Gasteiger partial charge in [0.25, 0.3) is 0 Å². The van der Waals surface area contributed by atoms with Gasteiger partial charge in [-0.15, -0.1) is 0 Å². The molecule has 0 saturated heterocycles. The third-order valence-corrected chi connectivity index (χ3v) is 2.85. The van der Waals surface area contributed by atoms with Crippen molar-refractivity contribution in [1.82, 2.24) is 19.5 Å². The van der Waals surface area contributed by atoms with Crippen molar-refractivity contribution in [3.8, 4) is 0 Å². The number of nitrogens with zero attached hydrogens (tertiary/aromatic N) is 4. The Morgan fingerprint density at radius 1 is 1.33 bits per heavy atom. The van der Waals surface area contributed by atoms with E-state index in [1.54, 1.807) is 0 Å². The molecule has 0 fully saturated rings. The molecule has 0 aliphatic heterocycles. The molecule has 0 saturated carbocycles. The first-order valence-electron chi connectivity index (χ1n) is 3.18. The Morgan fingerprint density at radius 2 is 2.08 bits per heavy atom. The molecule has 2 aromatic heterocycles. The van der Waals surface area contributed by atoms with Gasteiger partial charge >= 0.3 is 0 Å². The van der Waals surface area contributed by atoms with Gasteiger partial charge in [0.1, 0.15) is 16.4 Å². The summed E-state index contributed by atoms with van der Waals surface area (Å²) in [6.07, 6.45) is 1.50. The molecule has 0 atom stereocenters. The third kappa shape index (κ3) is 1.06. The predicted octanol–water partition coefficient (Wildman–Crippen LogP) is 1.89. The lowest BCUT2D eigenvalue weighted by Crippen LogP contribution is -1.90. The zero-order valence-electron chi connectivity index (χ0n) is 6.12. The second-order valence-electron chi connectivity index (χ2n) is 2.28. The van der Waals surface area contributed by atoms with E-state index < -0.39 is 0 Å². The highest BCUT2D eigenvalue weighted by atomic mass is 79.9. The summed E-state index contributed by atoms with van der Waals surface area (Å²) in [5.74, 6) is 0. The van der Waals surface area contributed by atoms with Crippen molar-refractivity contribution in [2.45, 2.75) is 0 Å². The lowest BCUT2D eigenvalue weighted by molar-refractivity contribution is 0.896. The quantitative estimate of drug-likeness (QED) is 0.550. The van der Waals surface area contributed by atoms with Gasteiger partial charge in [0.05, 0.1) is 0 Å². The van der Waals surface area contributed by atoms with Crippen molar-refractivity contribution in [2.24, 2.45) is 7.05 Å². The van der Waals surface area contributed by atoms with Crippen LogP contribution in [0.25, 0.3) is 11.2 Å². The second kappa shape index (κ2) is 2.77. The molecule has 0 aromatic carbocycles. The normalized spacial score (nSPS) is 10.9. The average Bonchev–Trinajstić information content (AvgIpc) is 2.32. The minimum atomic E-state index is 0.716. The minimum absolute atomic E-state index is 0.716. The van der Waals surface area contributed by atoms with E-state index in [0.29, 0.717) is 4.60 Å². The predicted molar refractivity (Wildman–Crippen MR) is 51.7 cm³/mol. The number of aryl methyl sites for hydroxylation is 1. The van der Waals surface area contributed by atoms with Crippen LogP contribution < -0.4 is 0 Å². The highest BCUT2D eigenvalue weighted by Crippen LogP contribution is 2.21. The largest absolute Gasteiger partial charge is 0.306 e. The first-order chi connectivity index (χ1) is 5.70. The van der Waals surface area contributed by atoms with Gasteiger partial charge in [0.15, 0.2) is 10.4 Å². The summed E-state index contributed by atoms with van der Waals surface area (Å²) in [7, 11) is 1.89. The number of hydrogen-bond acceptors (Lipinski definition) is 3. The molecule has 2 heterocycles. The van der Waals surface area contributed by atoms with Crippen LogP contribution in [0.4, 0.5) is 0 Å². The lowest BCUT2D eigenvalue weighted by Gasteiger charge is -1.92. The van der Waals surface area contributed by atoms with Crippen molar-refractivity contribution in [3.63, 3.8) is 0 Å². The first-order valence-corrected chi connectivity index (χ1v) is 4.77. The highest BCUT2D eigenvalue weighted by Gasteiger charge is 2.08. The summed E-state index contributed by atoms with van der Waals surface area (Å²) in [6.45, 7) is 0. The van der Waals surface area contributed by atoms with Gasteiger partial charge in [0, 0.05) is 7.05 Å². The Kier molecular flexibility index (Phi) is 1.88. The van der Waals surface area contributed by atoms with Crippen LogP contribution in [0.5, 0.6) is 0 Å². The van der Waals surface area contributed by atoms with Crippen LogP contribution in [-0.2, 0) is 7.05 Å². The zero-order valence-corrected chi connectivity index (χ0v) is 9.29. The van der Waals surface area contributed by atoms with E-state index in [1.807, 2.05) is 11.6 Å². The molecule has 0 amide bonds. The van der Waals surface area contributed by atoms with Gasteiger partial charge in [0.2, 0.25) is 0 Å². The molecule has 0 N–H and O–H groups in total. The maximum atomic E-state index is 4.22. The average molecular weight is 292 g/mol. The second-order valence-corrected chi connectivity index (χ2v) is 3.74. The number of imidazole rings is 1. The van der Waals surface area contributed by atoms with E-state index in [9.17, 15) is 0 Å². The van der Waals surface area contributed by atoms with Crippen LogP contribution in [-0.4, -0.2) is 19.5 Å². The van der Waals surface area contributed by atoms with E-state index >= 15 is 0 Å². The van der Waals surface area contributed by atoms with Gasteiger partial charge in [-0.25, -0.2) is 15.0 Å². The molecule has 0 radical (unpaired) electrons. The van der Waals surface area contributed by atoms with E-state index in [1.165, 1.54) is 6.33 Å². The Morgan fingerprint density at radius 3 is 2.75 bits per heavy atom. The first kappa shape index (κ1) is 8.12. The van der Waals surface area contributed by atoms with Crippen molar-refractivity contribution in [1.29, 1.82) is 0 Å². The van der Waals surface area contributed by atoms with Crippen LogP contribution >= 0.6 is 31.9 Å². The highest BCUT2D eigenvalue weighted by molar-refractivity contribution is 9.10. The number of hydrogen-bond donors (Lipinski definition) is 0. The van der Waals surface area contributed by atoms with Gasteiger partial charge in [-0.3, -0.25) is 0 Å². The van der Waals surface area contributed by atoms with Crippen molar-refractivity contribution < 1.29 is 0 Å². The van der Waals surface area contributed by atoms with Gasteiger partial charge < -0.3 is 4.57 Å². The zero-order chi connectivity index (χ0) is 8.72. The molecule has 0 bridgehead atoms. The lowest BCUT2D eigenvalue weighted by atomic mass is 10.6. The molecule has 2 rings (SSSR count). The summed E-state index contributed by atoms with van der Waals surface area (Å²) in [5.41, 5.74) is 1.58. The smallest absolute Gasteiger partial charge is 0.179 e. The number of rotatable bonds is 0. The molecular formula is C6H4Br2N4. The molecule has 0 aliphatic rings. The van der Waals surface area contributed by atoms with Gasteiger partial charge in [-0.1, -0.05) is 0 Å². The Bertz CT molecular complexity index is 436.